The fourth-order valence-electron chi connectivity index (χ4n) is 3.42. The van der Waals surface area contributed by atoms with Gasteiger partial charge in [0, 0.05) is 18.0 Å². The summed E-state index contributed by atoms with van der Waals surface area (Å²) in [6.45, 7) is 4.50. The molecule has 3 nitrogen and oxygen atoms in total. The maximum absolute atomic E-state index is 12.6. The second-order valence-corrected chi connectivity index (χ2v) is 5.75. The van der Waals surface area contributed by atoms with Crippen LogP contribution in [0.25, 0.3) is 0 Å². The van der Waals surface area contributed by atoms with E-state index in [1.54, 1.807) is 12.1 Å². The van der Waals surface area contributed by atoms with Crippen molar-refractivity contribution < 1.29 is 9.59 Å². The van der Waals surface area contributed by atoms with Crippen molar-refractivity contribution in [2.45, 2.75) is 25.7 Å². The van der Waals surface area contributed by atoms with Crippen molar-refractivity contribution in [1.29, 1.82) is 0 Å². The van der Waals surface area contributed by atoms with Crippen molar-refractivity contribution in [3.8, 4) is 0 Å². The van der Waals surface area contributed by atoms with Gasteiger partial charge in [-0.05, 0) is 30.9 Å². The first-order valence-corrected chi connectivity index (χ1v) is 7.27. The summed E-state index contributed by atoms with van der Waals surface area (Å²) in [4.78, 5) is 26.5. The molecule has 3 heteroatoms. The van der Waals surface area contributed by atoms with E-state index in [1.807, 2.05) is 18.2 Å². The lowest BCUT2D eigenvalue weighted by Crippen LogP contribution is -2.50. The summed E-state index contributed by atoms with van der Waals surface area (Å²) in [6.07, 6.45) is 4.18. The highest BCUT2D eigenvalue weighted by Crippen LogP contribution is 2.39. The first-order chi connectivity index (χ1) is 9.68. The Balaban J connectivity index is 1.85. The van der Waals surface area contributed by atoms with Crippen LogP contribution in [-0.2, 0) is 4.79 Å². The number of fused-ring (bicyclic) bond motifs is 1. The van der Waals surface area contributed by atoms with Crippen LogP contribution in [0.15, 0.2) is 42.5 Å². The molecule has 0 N–H and O–H groups in total. The van der Waals surface area contributed by atoms with Gasteiger partial charge < -0.3 is 0 Å². The van der Waals surface area contributed by atoms with E-state index < -0.39 is 0 Å². The molecule has 1 aromatic carbocycles. The maximum atomic E-state index is 12.6. The number of hydrogen-bond donors (Lipinski definition) is 0. The van der Waals surface area contributed by atoms with Crippen LogP contribution in [0.3, 0.4) is 0 Å². The molecule has 3 rings (SSSR count). The second kappa shape index (κ2) is 5.23. The second-order valence-electron chi connectivity index (χ2n) is 5.75. The molecule has 2 aliphatic rings. The highest BCUT2D eigenvalue weighted by atomic mass is 16.2. The number of likely N-dealkylation sites (tertiary alicyclic amines) is 1. The van der Waals surface area contributed by atoms with Gasteiger partial charge in [-0.2, -0.15) is 0 Å². The fraction of sp³-hybridized carbons (Fsp3) is 0.412. The minimum Gasteiger partial charge on any atom is -0.274 e. The monoisotopic (exact) mass is 269 g/mol. The van der Waals surface area contributed by atoms with E-state index in [0.717, 1.165) is 24.8 Å². The third-order valence-corrected chi connectivity index (χ3v) is 4.50. The molecule has 1 saturated heterocycles. The largest absolute Gasteiger partial charge is 0.274 e. The van der Waals surface area contributed by atoms with Crippen LogP contribution in [-0.4, -0.2) is 23.3 Å². The Labute approximate surface area is 119 Å². The molecule has 2 amide bonds. The van der Waals surface area contributed by atoms with Gasteiger partial charge in [-0.25, -0.2) is 0 Å². The van der Waals surface area contributed by atoms with Crippen LogP contribution in [0.2, 0.25) is 0 Å². The van der Waals surface area contributed by atoms with E-state index in [2.05, 4.69) is 6.58 Å². The molecule has 0 bridgehead atoms. The number of rotatable bonds is 1. The summed E-state index contributed by atoms with van der Waals surface area (Å²) in [5.74, 6) is 0.0606. The number of nitrogens with zero attached hydrogens (tertiary/aromatic N) is 1. The highest BCUT2D eigenvalue weighted by Gasteiger charge is 2.42. The SMILES string of the molecule is C=C1CN(C(=O)c2ccccc2)C(=O)C2CCCCC12. The zero-order valence-electron chi connectivity index (χ0n) is 11.5. The average molecular weight is 269 g/mol. The molecule has 1 aromatic rings. The van der Waals surface area contributed by atoms with Gasteiger partial charge in [0.2, 0.25) is 5.91 Å². The van der Waals surface area contributed by atoms with E-state index in [1.165, 1.54) is 11.3 Å². The Morgan fingerprint density at radius 3 is 2.45 bits per heavy atom. The van der Waals surface area contributed by atoms with Crippen LogP contribution >= 0.6 is 0 Å². The molecule has 0 spiro atoms. The normalized spacial score (nSPS) is 26.3. The Morgan fingerprint density at radius 2 is 1.75 bits per heavy atom. The summed E-state index contributed by atoms with van der Waals surface area (Å²) >= 11 is 0. The van der Waals surface area contributed by atoms with Crippen molar-refractivity contribution in [2.24, 2.45) is 11.8 Å². The number of imide groups is 1. The average Bonchev–Trinajstić information content (AvgIpc) is 2.51. The molecule has 1 heterocycles. The van der Waals surface area contributed by atoms with Crippen molar-refractivity contribution in [2.75, 3.05) is 6.54 Å². The Hall–Kier alpha value is -1.90. The molecule has 1 aliphatic heterocycles. The zero-order chi connectivity index (χ0) is 14.1. The van der Waals surface area contributed by atoms with Crippen LogP contribution in [0.1, 0.15) is 36.0 Å². The summed E-state index contributed by atoms with van der Waals surface area (Å²) in [5.41, 5.74) is 1.61. The topological polar surface area (TPSA) is 37.4 Å². The standard InChI is InChI=1S/C17H19NO2/c1-12-11-18(16(19)13-7-3-2-4-8-13)17(20)15-10-6-5-9-14(12)15/h2-4,7-8,14-15H,1,5-6,9-11H2. The number of hydrogen-bond acceptors (Lipinski definition) is 2. The van der Waals surface area contributed by atoms with Gasteiger partial charge >= 0.3 is 0 Å². The number of carbonyl (C=O) groups is 2. The number of piperidine rings is 1. The molecule has 0 aromatic heterocycles. The molecule has 0 radical (unpaired) electrons. The smallest absolute Gasteiger partial charge is 0.260 e. The van der Waals surface area contributed by atoms with E-state index in [-0.39, 0.29) is 23.7 Å². The van der Waals surface area contributed by atoms with Crippen LogP contribution < -0.4 is 0 Å². The van der Waals surface area contributed by atoms with Gasteiger partial charge in [-0.3, -0.25) is 14.5 Å². The Bertz CT molecular complexity index is 549. The van der Waals surface area contributed by atoms with Crippen molar-refractivity contribution >= 4 is 11.8 Å². The van der Waals surface area contributed by atoms with Crippen molar-refractivity contribution in [3.05, 3.63) is 48.0 Å². The molecule has 104 valence electrons. The number of amides is 2. The van der Waals surface area contributed by atoms with Crippen LogP contribution in [0.4, 0.5) is 0 Å². The van der Waals surface area contributed by atoms with Gasteiger partial charge in [-0.15, -0.1) is 0 Å². The van der Waals surface area contributed by atoms with Gasteiger partial charge in [0.05, 0.1) is 0 Å². The van der Waals surface area contributed by atoms with Crippen molar-refractivity contribution in [3.63, 3.8) is 0 Å². The first kappa shape index (κ1) is 13.1. The molecular weight excluding hydrogens is 250 g/mol. The van der Waals surface area contributed by atoms with E-state index in [4.69, 9.17) is 0 Å². The Morgan fingerprint density at radius 1 is 1.10 bits per heavy atom. The predicted octanol–water partition coefficient (Wildman–Crippen LogP) is 3.03. The van der Waals surface area contributed by atoms with Gasteiger partial charge in [0.1, 0.15) is 0 Å². The lowest BCUT2D eigenvalue weighted by molar-refractivity contribution is -0.137. The van der Waals surface area contributed by atoms with Gasteiger partial charge in [0.25, 0.3) is 5.91 Å². The highest BCUT2D eigenvalue weighted by molar-refractivity contribution is 6.06. The molecular formula is C17H19NO2. The number of carbonyl (C=O) groups excluding carboxylic acids is 2. The summed E-state index contributed by atoms with van der Waals surface area (Å²) < 4.78 is 0. The zero-order valence-corrected chi connectivity index (χ0v) is 11.5. The molecule has 20 heavy (non-hydrogen) atoms. The van der Waals surface area contributed by atoms with E-state index in [0.29, 0.717) is 12.1 Å². The van der Waals surface area contributed by atoms with Gasteiger partial charge in [0.15, 0.2) is 0 Å². The summed E-state index contributed by atoms with van der Waals surface area (Å²) in [5, 5.41) is 0. The molecule has 2 atom stereocenters. The van der Waals surface area contributed by atoms with Crippen LogP contribution in [0.5, 0.6) is 0 Å². The lowest BCUT2D eigenvalue weighted by atomic mass is 9.72. The van der Waals surface area contributed by atoms with Crippen LogP contribution in [0, 0.1) is 11.8 Å². The first-order valence-electron chi connectivity index (χ1n) is 7.27. The lowest BCUT2D eigenvalue weighted by Gasteiger charge is -2.40. The molecule has 2 unspecified atom stereocenters. The van der Waals surface area contributed by atoms with Gasteiger partial charge in [-0.1, -0.05) is 43.2 Å². The third-order valence-electron chi connectivity index (χ3n) is 4.50. The molecule has 1 saturated carbocycles. The fourth-order valence-corrected chi connectivity index (χ4v) is 3.42. The molecule has 1 aliphatic carbocycles. The third kappa shape index (κ3) is 2.17. The summed E-state index contributed by atoms with van der Waals surface area (Å²) in [7, 11) is 0. The quantitative estimate of drug-likeness (QED) is 0.580. The van der Waals surface area contributed by atoms with Crippen molar-refractivity contribution in [1.82, 2.24) is 4.90 Å². The van der Waals surface area contributed by atoms with E-state index in [9.17, 15) is 9.59 Å². The minimum absolute atomic E-state index is 0.00375. The predicted molar refractivity (Wildman–Crippen MR) is 77.1 cm³/mol. The molecule has 2 fully saturated rings. The maximum Gasteiger partial charge on any atom is 0.260 e. The number of benzene rings is 1. The summed E-state index contributed by atoms with van der Waals surface area (Å²) in [6, 6.07) is 9.02. The Kier molecular flexibility index (Phi) is 3.43. The van der Waals surface area contributed by atoms with E-state index >= 15 is 0 Å². The minimum atomic E-state index is -0.194.